The Bertz CT molecular complexity index is 858. The maximum atomic E-state index is 12.7. The van der Waals surface area contributed by atoms with Crippen LogP contribution in [-0.2, 0) is 23.7 Å². The van der Waals surface area contributed by atoms with E-state index in [-0.39, 0.29) is 16.9 Å². The van der Waals surface area contributed by atoms with Crippen LogP contribution in [0.3, 0.4) is 0 Å². The Morgan fingerprint density at radius 3 is 1.89 bits per heavy atom. The summed E-state index contributed by atoms with van der Waals surface area (Å²) in [7, 11) is 0. The number of hydrogen-bond donors (Lipinski definition) is 0. The van der Waals surface area contributed by atoms with Crippen molar-refractivity contribution in [1.29, 1.82) is 0 Å². The van der Waals surface area contributed by atoms with Crippen molar-refractivity contribution < 1.29 is 18.3 Å². The molecule has 4 rings (SSSR count). The van der Waals surface area contributed by atoms with Crippen LogP contribution in [0.1, 0.15) is 70.2 Å². The summed E-state index contributed by atoms with van der Waals surface area (Å²) in [5.74, 6) is 0.195. The fourth-order valence-electron chi connectivity index (χ4n) is 3.45. The Labute approximate surface area is 166 Å². The first-order valence-electron chi connectivity index (χ1n) is 9.88. The Hall–Kier alpha value is -2.10. The lowest BCUT2D eigenvalue weighted by atomic mass is 9.85. The SMILES string of the molecule is CC(C)(C)c1ccc2c(c1)CCC2.CC(C)(C)c1ccc2c(c1)OC(F)(F)O2. The molecule has 2 aromatic rings. The minimum absolute atomic E-state index is 0.0907. The van der Waals surface area contributed by atoms with Crippen LogP contribution >= 0.6 is 0 Å². The highest BCUT2D eigenvalue weighted by atomic mass is 19.3. The molecule has 0 saturated carbocycles. The molecule has 0 bridgehead atoms. The first-order valence-corrected chi connectivity index (χ1v) is 9.88. The van der Waals surface area contributed by atoms with Gasteiger partial charge in [0.25, 0.3) is 0 Å². The summed E-state index contributed by atoms with van der Waals surface area (Å²) in [6.07, 6.45) is 0.404. The third-order valence-corrected chi connectivity index (χ3v) is 5.23. The number of fused-ring (bicyclic) bond motifs is 2. The summed E-state index contributed by atoms with van der Waals surface area (Å²) in [5.41, 5.74) is 5.78. The molecule has 0 fully saturated rings. The lowest BCUT2D eigenvalue weighted by Crippen LogP contribution is -2.25. The van der Waals surface area contributed by atoms with Gasteiger partial charge in [0.05, 0.1) is 0 Å². The van der Waals surface area contributed by atoms with E-state index in [0.717, 1.165) is 5.56 Å². The van der Waals surface area contributed by atoms with Crippen molar-refractivity contribution in [1.82, 2.24) is 0 Å². The van der Waals surface area contributed by atoms with Gasteiger partial charge in [0.15, 0.2) is 11.5 Å². The zero-order valence-corrected chi connectivity index (χ0v) is 17.7. The Balaban J connectivity index is 0.000000162. The second-order valence-corrected chi connectivity index (χ2v) is 9.67. The van der Waals surface area contributed by atoms with Crippen molar-refractivity contribution in [3.05, 3.63) is 58.7 Å². The molecule has 0 aromatic heterocycles. The predicted molar refractivity (Wildman–Crippen MR) is 109 cm³/mol. The number of rotatable bonds is 0. The second kappa shape index (κ2) is 7.06. The molecule has 4 heteroatoms. The second-order valence-electron chi connectivity index (χ2n) is 9.67. The minimum atomic E-state index is -3.53. The zero-order chi connectivity index (χ0) is 20.7. The summed E-state index contributed by atoms with van der Waals surface area (Å²) in [5, 5.41) is 0. The van der Waals surface area contributed by atoms with Crippen LogP contribution in [-0.4, -0.2) is 6.29 Å². The van der Waals surface area contributed by atoms with Crippen LogP contribution in [0, 0.1) is 0 Å². The Morgan fingerprint density at radius 1 is 0.714 bits per heavy atom. The van der Waals surface area contributed by atoms with Gasteiger partial charge in [-0.2, -0.15) is 0 Å². The largest absolute Gasteiger partial charge is 0.586 e. The maximum absolute atomic E-state index is 12.7. The van der Waals surface area contributed by atoms with Crippen LogP contribution in [0.15, 0.2) is 36.4 Å². The van der Waals surface area contributed by atoms with Gasteiger partial charge in [0.2, 0.25) is 0 Å². The monoisotopic (exact) mass is 388 g/mol. The van der Waals surface area contributed by atoms with Crippen molar-refractivity contribution >= 4 is 0 Å². The summed E-state index contributed by atoms with van der Waals surface area (Å²) >= 11 is 0. The van der Waals surface area contributed by atoms with E-state index in [0.29, 0.717) is 5.41 Å². The highest BCUT2D eigenvalue weighted by Crippen LogP contribution is 2.42. The van der Waals surface area contributed by atoms with Gasteiger partial charge in [-0.3, -0.25) is 0 Å². The molecule has 152 valence electrons. The number of hydrogen-bond acceptors (Lipinski definition) is 2. The van der Waals surface area contributed by atoms with E-state index in [2.05, 4.69) is 48.4 Å². The Morgan fingerprint density at radius 2 is 1.25 bits per heavy atom. The van der Waals surface area contributed by atoms with Crippen molar-refractivity contribution in [2.45, 2.75) is 77.9 Å². The van der Waals surface area contributed by atoms with Crippen molar-refractivity contribution in [2.75, 3.05) is 0 Å². The average Bonchev–Trinajstić information content (AvgIpc) is 3.14. The molecule has 0 saturated heterocycles. The molecule has 2 aliphatic rings. The van der Waals surface area contributed by atoms with Gasteiger partial charge < -0.3 is 9.47 Å². The van der Waals surface area contributed by atoms with Gasteiger partial charge in [-0.25, -0.2) is 0 Å². The summed E-state index contributed by atoms with van der Waals surface area (Å²) in [6.45, 7) is 12.9. The number of ether oxygens (including phenoxy) is 2. The molecule has 2 aromatic carbocycles. The highest BCUT2D eigenvalue weighted by molar-refractivity contribution is 5.46. The van der Waals surface area contributed by atoms with Crippen LogP contribution in [0.5, 0.6) is 11.5 Å². The van der Waals surface area contributed by atoms with E-state index in [9.17, 15) is 8.78 Å². The van der Waals surface area contributed by atoms with Crippen LogP contribution in [0.2, 0.25) is 0 Å². The van der Waals surface area contributed by atoms with Crippen LogP contribution in [0.4, 0.5) is 8.78 Å². The van der Waals surface area contributed by atoms with Gasteiger partial charge in [-0.05, 0) is 64.5 Å². The quantitative estimate of drug-likeness (QED) is 0.495. The molecule has 1 aliphatic carbocycles. The van der Waals surface area contributed by atoms with E-state index in [1.54, 1.807) is 23.3 Å². The molecular formula is C24H30F2O2. The number of halogens is 2. The fraction of sp³-hybridized carbons (Fsp3) is 0.500. The topological polar surface area (TPSA) is 18.5 Å². The smallest absolute Gasteiger partial charge is 0.395 e. The van der Waals surface area contributed by atoms with Gasteiger partial charge in [-0.1, -0.05) is 65.8 Å². The van der Waals surface area contributed by atoms with Gasteiger partial charge in [-0.15, -0.1) is 8.78 Å². The molecule has 0 atom stereocenters. The molecule has 0 radical (unpaired) electrons. The third kappa shape index (κ3) is 4.65. The van der Waals surface area contributed by atoms with Crippen LogP contribution < -0.4 is 9.47 Å². The van der Waals surface area contributed by atoms with E-state index in [4.69, 9.17) is 0 Å². The van der Waals surface area contributed by atoms with E-state index >= 15 is 0 Å². The lowest BCUT2D eigenvalue weighted by molar-refractivity contribution is -0.286. The molecule has 1 aliphatic heterocycles. The minimum Gasteiger partial charge on any atom is -0.395 e. The van der Waals surface area contributed by atoms with Crippen molar-refractivity contribution in [3.8, 4) is 11.5 Å². The zero-order valence-electron chi connectivity index (χ0n) is 17.7. The van der Waals surface area contributed by atoms with Crippen molar-refractivity contribution in [3.63, 3.8) is 0 Å². The maximum Gasteiger partial charge on any atom is 0.586 e. The number of aryl methyl sites for hydroxylation is 2. The van der Waals surface area contributed by atoms with Gasteiger partial charge in [0.1, 0.15) is 0 Å². The lowest BCUT2D eigenvalue weighted by Gasteiger charge is -2.19. The van der Waals surface area contributed by atoms with E-state index in [1.165, 1.54) is 30.9 Å². The van der Waals surface area contributed by atoms with E-state index in [1.807, 2.05) is 20.8 Å². The van der Waals surface area contributed by atoms with E-state index < -0.39 is 6.29 Å². The molecule has 2 nitrogen and oxygen atoms in total. The normalized spacial score (nSPS) is 17.0. The summed E-state index contributed by atoms with van der Waals surface area (Å²) in [4.78, 5) is 0. The van der Waals surface area contributed by atoms with Crippen molar-refractivity contribution in [2.24, 2.45) is 0 Å². The molecule has 0 spiro atoms. The van der Waals surface area contributed by atoms with Crippen LogP contribution in [0.25, 0.3) is 0 Å². The number of alkyl halides is 2. The molecule has 0 amide bonds. The predicted octanol–water partition coefficient (Wildman–Crippen LogP) is 6.78. The molecule has 0 N–H and O–H groups in total. The first-order chi connectivity index (χ1) is 12.9. The van der Waals surface area contributed by atoms with Gasteiger partial charge >= 0.3 is 6.29 Å². The number of benzene rings is 2. The summed E-state index contributed by atoms with van der Waals surface area (Å²) < 4.78 is 34.1. The molecular weight excluding hydrogens is 358 g/mol. The molecule has 1 heterocycles. The molecule has 0 unspecified atom stereocenters. The first kappa shape index (κ1) is 20.6. The average molecular weight is 388 g/mol. The fourth-order valence-corrected chi connectivity index (χ4v) is 3.45. The standard InChI is InChI=1S/C13H18.C11H12F2O2/c1-13(2,3)12-8-7-10-5-4-6-11(10)9-12;1-10(2,3)7-4-5-8-9(6-7)15-11(12,13)14-8/h7-9H,4-6H2,1-3H3;4-6H,1-3H3. The molecule has 28 heavy (non-hydrogen) atoms. The highest BCUT2D eigenvalue weighted by Gasteiger charge is 2.43. The summed E-state index contributed by atoms with van der Waals surface area (Å²) in [6, 6.07) is 11.9. The Kier molecular flexibility index (Phi) is 5.20. The third-order valence-electron chi connectivity index (χ3n) is 5.23. The van der Waals surface area contributed by atoms with Gasteiger partial charge in [0, 0.05) is 0 Å².